The van der Waals surface area contributed by atoms with Crippen molar-refractivity contribution in [3.05, 3.63) is 318 Å². The van der Waals surface area contributed by atoms with E-state index >= 15 is 0 Å². The predicted molar refractivity (Wildman–Crippen MR) is 334 cm³/mol. The van der Waals surface area contributed by atoms with Crippen LogP contribution in [0.4, 0.5) is 17.1 Å². The molecule has 0 amide bonds. The highest BCUT2D eigenvalue weighted by Gasteiger charge is 2.48. The molecule has 14 aromatic carbocycles. The van der Waals surface area contributed by atoms with Crippen molar-refractivity contribution >= 4 is 70.9 Å². The second kappa shape index (κ2) is 17.3. The summed E-state index contributed by atoms with van der Waals surface area (Å²) in [4.78, 5) is 2.49. The van der Waals surface area contributed by atoms with Gasteiger partial charge in [0.15, 0.2) is 0 Å². The molecule has 2 aliphatic carbocycles. The van der Waals surface area contributed by atoms with E-state index in [9.17, 15) is 0 Å². The van der Waals surface area contributed by atoms with Crippen LogP contribution >= 0.6 is 0 Å². The van der Waals surface area contributed by atoms with E-state index in [0.29, 0.717) is 0 Å². The van der Waals surface area contributed by atoms with Crippen LogP contribution in [0.5, 0.6) is 0 Å². The lowest BCUT2D eigenvalue weighted by Crippen LogP contribution is -2.29. The highest BCUT2D eigenvalue weighted by molar-refractivity contribution is 6.24. The van der Waals surface area contributed by atoms with Crippen molar-refractivity contribution in [2.24, 2.45) is 0 Å². The maximum Gasteiger partial charge on any atom is 0.0719 e. The highest BCUT2D eigenvalue weighted by atomic mass is 15.1. The van der Waals surface area contributed by atoms with Gasteiger partial charge in [-0.1, -0.05) is 257 Å². The van der Waals surface area contributed by atoms with Crippen molar-refractivity contribution in [2.45, 2.75) is 24.7 Å². The summed E-state index contributed by atoms with van der Waals surface area (Å²) in [5, 5.41) is 12.3. The quantitative estimate of drug-likeness (QED) is 0.144. The summed E-state index contributed by atoms with van der Waals surface area (Å²) in [5.41, 5.74) is 20.6. The van der Waals surface area contributed by atoms with Gasteiger partial charge < -0.3 is 4.90 Å². The summed E-state index contributed by atoms with van der Waals surface area (Å²) >= 11 is 0. The minimum absolute atomic E-state index is 0.310. The zero-order valence-corrected chi connectivity index (χ0v) is 44.1. The van der Waals surface area contributed by atoms with Crippen molar-refractivity contribution in [3.63, 3.8) is 0 Å². The first-order valence-electron chi connectivity index (χ1n) is 27.7. The molecule has 0 N–H and O–H groups in total. The van der Waals surface area contributed by atoms with Gasteiger partial charge in [0, 0.05) is 21.9 Å². The molecule has 0 unspecified atom stereocenters. The lowest BCUT2D eigenvalue weighted by molar-refractivity contribution is 0.660. The molecular formula is C78H53N. The minimum atomic E-state index is -0.574. The number of nitrogens with zero attached hydrogens (tertiary/aromatic N) is 1. The van der Waals surface area contributed by atoms with E-state index < -0.39 is 5.41 Å². The molecule has 0 aromatic heterocycles. The molecule has 79 heavy (non-hydrogen) atoms. The zero-order valence-electron chi connectivity index (χ0n) is 44.1. The van der Waals surface area contributed by atoms with E-state index in [-0.39, 0.29) is 5.41 Å². The molecule has 0 heterocycles. The van der Waals surface area contributed by atoms with Crippen molar-refractivity contribution in [1.29, 1.82) is 0 Å². The number of hydrogen-bond acceptors (Lipinski definition) is 1. The molecule has 0 spiro atoms. The van der Waals surface area contributed by atoms with Crippen molar-refractivity contribution < 1.29 is 0 Å². The van der Waals surface area contributed by atoms with E-state index in [4.69, 9.17) is 0 Å². The Labute approximate surface area is 461 Å². The van der Waals surface area contributed by atoms with Gasteiger partial charge in [-0.3, -0.25) is 0 Å². The van der Waals surface area contributed by atoms with Gasteiger partial charge in [0.1, 0.15) is 0 Å². The molecule has 2 aliphatic rings. The lowest BCUT2D eigenvalue weighted by Gasteiger charge is -2.35. The number of anilines is 3. The van der Waals surface area contributed by atoms with E-state index in [2.05, 4.69) is 304 Å². The van der Waals surface area contributed by atoms with E-state index in [1.165, 1.54) is 132 Å². The van der Waals surface area contributed by atoms with Gasteiger partial charge >= 0.3 is 0 Å². The van der Waals surface area contributed by atoms with Gasteiger partial charge in [-0.15, -0.1) is 0 Å². The summed E-state index contributed by atoms with van der Waals surface area (Å²) in [7, 11) is 0. The Morgan fingerprint density at radius 1 is 0.278 bits per heavy atom. The molecule has 14 aromatic rings. The Kier molecular flexibility index (Phi) is 9.97. The number of rotatable bonds is 7. The van der Waals surface area contributed by atoms with Crippen LogP contribution in [0.25, 0.3) is 98.4 Å². The minimum Gasteiger partial charge on any atom is -0.309 e. The lowest BCUT2D eigenvalue weighted by atomic mass is 9.65. The molecule has 0 atom stereocenters. The maximum atomic E-state index is 2.53. The molecule has 1 heteroatoms. The van der Waals surface area contributed by atoms with E-state index in [1.807, 2.05) is 0 Å². The number of hydrogen-bond donors (Lipinski definition) is 0. The third kappa shape index (κ3) is 6.57. The summed E-state index contributed by atoms with van der Waals surface area (Å²) in [6.45, 7) is 4.86. The monoisotopic (exact) mass is 1000 g/mol. The Hall–Kier alpha value is -9.82. The van der Waals surface area contributed by atoms with Crippen molar-refractivity contribution in [2.75, 3.05) is 4.90 Å². The van der Waals surface area contributed by atoms with Crippen LogP contribution in [0.1, 0.15) is 47.2 Å². The average molecular weight is 1000 g/mol. The standard InChI is InChI=1S/C78H53N/c1-77(2)70-48-54(42-44-61(70)62-45-43-57(49-71(62)77)79(72-40-19-26-50-22-11-13-32-58(50)72)73-41-20-27-51-23-12-14-33-59(51)73)74-63-35-15-16-36-64(63)75(68-47-53-25-10-9-24-52(53)46-67(68)74)66-38-21-37-65-60-34-17-18-39-69(60)78(76(65)66,55-28-5-3-6-29-55)56-30-7-4-8-31-56/h3-49H,1-2H3. The number of benzene rings is 14. The first-order valence-corrected chi connectivity index (χ1v) is 27.7. The molecule has 0 bridgehead atoms. The first-order chi connectivity index (χ1) is 39.0. The third-order valence-electron chi connectivity index (χ3n) is 17.9. The Bertz CT molecular complexity index is 4680. The molecule has 16 rings (SSSR count). The fourth-order valence-corrected chi connectivity index (χ4v) is 14.4. The van der Waals surface area contributed by atoms with Gasteiger partial charge in [0.05, 0.1) is 16.8 Å². The maximum absolute atomic E-state index is 2.53. The molecule has 1 nitrogen and oxygen atoms in total. The largest absolute Gasteiger partial charge is 0.309 e. The Morgan fingerprint density at radius 2 is 0.722 bits per heavy atom. The average Bonchev–Trinajstić information content (AvgIpc) is 3.77. The molecule has 0 aliphatic heterocycles. The van der Waals surface area contributed by atoms with Crippen LogP contribution in [0.3, 0.4) is 0 Å². The molecule has 0 radical (unpaired) electrons. The van der Waals surface area contributed by atoms with Gasteiger partial charge in [0.2, 0.25) is 0 Å². The summed E-state index contributed by atoms with van der Waals surface area (Å²) in [6.07, 6.45) is 0. The van der Waals surface area contributed by atoms with Crippen LogP contribution in [0.2, 0.25) is 0 Å². The SMILES string of the molecule is CC1(C)c2cc(-c3c4ccccc4c(-c4cccc5c4C(c4ccccc4)(c4ccccc4)c4ccccc4-5)c4cc5ccccc5cc34)ccc2-c2ccc(N(c3cccc4ccccc34)c3cccc4ccccc34)cc21. The first kappa shape index (κ1) is 45.4. The van der Waals surface area contributed by atoms with Gasteiger partial charge in [0.25, 0.3) is 0 Å². The summed E-state index contributed by atoms with van der Waals surface area (Å²) in [5.74, 6) is 0. The van der Waals surface area contributed by atoms with Crippen LogP contribution in [0.15, 0.2) is 285 Å². The van der Waals surface area contributed by atoms with E-state index in [0.717, 1.165) is 17.1 Å². The Morgan fingerprint density at radius 3 is 1.35 bits per heavy atom. The zero-order chi connectivity index (χ0) is 52.4. The predicted octanol–water partition coefficient (Wildman–Crippen LogP) is 20.9. The van der Waals surface area contributed by atoms with Gasteiger partial charge in [-0.2, -0.15) is 0 Å². The van der Waals surface area contributed by atoms with Crippen LogP contribution in [-0.2, 0) is 10.8 Å². The smallest absolute Gasteiger partial charge is 0.0719 e. The Balaban J connectivity index is 0.920. The fraction of sp³-hybridized carbons (Fsp3) is 0.0513. The molecule has 0 fully saturated rings. The second-order valence-electron chi connectivity index (χ2n) is 22.2. The molecule has 0 saturated carbocycles. The van der Waals surface area contributed by atoms with Crippen molar-refractivity contribution in [1.82, 2.24) is 0 Å². The van der Waals surface area contributed by atoms with Crippen LogP contribution < -0.4 is 4.90 Å². The normalized spacial score (nSPS) is 13.6. The van der Waals surface area contributed by atoms with Crippen LogP contribution in [0, 0.1) is 0 Å². The summed E-state index contributed by atoms with van der Waals surface area (Å²) in [6, 6.07) is 107. The van der Waals surface area contributed by atoms with Crippen molar-refractivity contribution in [3.8, 4) is 44.5 Å². The third-order valence-corrected chi connectivity index (χ3v) is 17.9. The molecular weight excluding hydrogens is 951 g/mol. The number of fused-ring (bicyclic) bond motifs is 11. The molecule has 0 saturated heterocycles. The highest BCUT2D eigenvalue weighted by Crippen LogP contribution is 2.61. The second-order valence-corrected chi connectivity index (χ2v) is 22.2. The summed E-state index contributed by atoms with van der Waals surface area (Å²) < 4.78 is 0. The van der Waals surface area contributed by atoms with Gasteiger partial charge in [-0.25, -0.2) is 0 Å². The van der Waals surface area contributed by atoms with E-state index in [1.54, 1.807) is 0 Å². The van der Waals surface area contributed by atoms with Crippen LogP contribution in [-0.4, -0.2) is 0 Å². The van der Waals surface area contributed by atoms with Gasteiger partial charge in [-0.05, 0) is 163 Å². The molecule has 370 valence electrons. The topological polar surface area (TPSA) is 3.24 Å². The fourth-order valence-electron chi connectivity index (χ4n) is 14.4.